The maximum absolute atomic E-state index is 13.8. The van der Waals surface area contributed by atoms with Gasteiger partial charge in [0, 0.05) is 17.3 Å². The molecular weight excluding hydrogens is 255 g/mol. The summed E-state index contributed by atoms with van der Waals surface area (Å²) in [6.45, 7) is 0. The predicted molar refractivity (Wildman–Crippen MR) is 75.7 cm³/mol. The molecule has 1 aromatic carbocycles. The zero-order chi connectivity index (χ0) is 13.9. The number of aliphatic hydroxyl groups excluding tert-OH is 1. The number of hydrogen-bond acceptors (Lipinski definition) is 2. The van der Waals surface area contributed by atoms with Gasteiger partial charge < -0.3 is 5.11 Å². The summed E-state index contributed by atoms with van der Waals surface area (Å²) in [6.07, 6.45) is 8.25. The summed E-state index contributed by atoms with van der Waals surface area (Å²) in [4.78, 5) is 0. The standard InChI is InChI=1S/C16H19FN2O/c17-14-7-5-4-6-13(14)12-10-18-19(11-12)15-8-2-1-3-9-16(15)20/h4-7,10-11,15-16,20H,1-3,8-9H2. The van der Waals surface area contributed by atoms with Crippen LogP contribution >= 0.6 is 0 Å². The molecule has 1 aromatic heterocycles. The van der Waals surface area contributed by atoms with Gasteiger partial charge in [0.25, 0.3) is 0 Å². The molecule has 0 aliphatic heterocycles. The van der Waals surface area contributed by atoms with E-state index in [-0.39, 0.29) is 18.0 Å². The van der Waals surface area contributed by atoms with Crippen molar-refractivity contribution in [3.63, 3.8) is 0 Å². The molecule has 1 aliphatic carbocycles. The minimum absolute atomic E-state index is 0.0121. The minimum atomic E-state index is -0.356. The lowest BCUT2D eigenvalue weighted by Gasteiger charge is -2.20. The van der Waals surface area contributed by atoms with Crippen LogP contribution in [0.25, 0.3) is 11.1 Å². The Kier molecular flexibility index (Phi) is 3.83. The van der Waals surface area contributed by atoms with Crippen LogP contribution in [0.4, 0.5) is 4.39 Å². The molecule has 4 heteroatoms. The first-order valence-corrected chi connectivity index (χ1v) is 7.23. The van der Waals surface area contributed by atoms with Gasteiger partial charge in [-0.05, 0) is 18.9 Å². The van der Waals surface area contributed by atoms with Crippen LogP contribution in [0.1, 0.15) is 38.1 Å². The molecular formula is C16H19FN2O. The quantitative estimate of drug-likeness (QED) is 0.850. The van der Waals surface area contributed by atoms with Gasteiger partial charge in [-0.25, -0.2) is 4.39 Å². The second-order valence-electron chi connectivity index (χ2n) is 5.46. The van der Waals surface area contributed by atoms with Gasteiger partial charge in [-0.1, -0.05) is 37.5 Å². The van der Waals surface area contributed by atoms with Crippen LogP contribution in [0, 0.1) is 5.82 Å². The fourth-order valence-electron chi connectivity index (χ4n) is 2.93. The van der Waals surface area contributed by atoms with Crippen LogP contribution < -0.4 is 0 Å². The predicted octanol–water partition coefficient (Wildman–Crippen LogP) is 3.56. The SMILES string of the molecule is OC1CCCCCC1n1cc(-c2ccccc2F)cn1. The van der Waals surface area contributed by atoms with Crippen molar-refractivity contribution < 1.29 is 9.50 Å². The van der Waals surface area contributed by atoms with Crippen molar-refractivity contribution in [2.45, 2.75) is 44.2 Å². The first-order chi connectivity index (χ1) is 9.75. The van der Waals surface area contributed by atoms with Crippen molar-refractivity contribution >= 4 is 0 Å². The maximum atomic E-state index is 13.8. The van der Waals surface area contributed by atoms with Gasteiger partial charge in [0.2, 0.25) is 0 Å². The van der Waals surface area contributed by atoms with E-state index in [1.807, 2.05) is 12.3 Å². The normalized spacial score (nSPS) is 23.5. The smallest absolute Gasteiger partial charge is 0.131 e. The van der Waals surface area contributed by atoms with Crippen molar-refractivity contribution in [1.82, 2.24) is 9.78 Å². The monoisotopic (exact) mass is 274 g/mol. The van der Waals surface area contributed by atoms with E-state index >= 15 is 0 Å². The average Bonchev–Trinajstić information content (AvgIpc) is 2.82. The molecule has 0 bridgehead atoms. The molecule has 106 valence electrons. The first-order valence-electron chi connectivity index (χ1n) is 7.23. The Bertz CT molecular complexity index is 581. The Balaban J connectivity index is 1.88. The Morgan fingerprint density at radius 2 is 1.95 bits per heavy atom. The molecule has 2 atom stereocenters. The Labute approximate surface area is 118 Å². The molecule has 0 saturated heterocycles. The van der Waals surface area contributed by atoms with Crippen LogP contribution in [0.5, 0.6) is 0 Å². The van der Waals surface area contributed by atoms with Gasteiger partial charge in [0.15, 0.2) is 0 Å². The Morgan fingerprint density at radius 3 is 2.80 bits per heavy atom. The number of hydrogen-bond donors (Lipinski definition) is 1. The third kappa shape index (κ3) is 2.61. The lowest BCUT2D eigenvalue weighted by Crippen LogP contribution is -2.23. The zero-order valence-corrected chi connectivity index (χ0v) is 11.4. The van der Waals surface area contributed by atoms with Gasteiger partial charge in [0.05, 0.1) is 18.3 Å². The third-order valence-electron chi connectivity index (χ3n) is 4.07. The highest BCUT2D eigenvalue weighted by Crippen LogP contribution is 2.29. The van der Waals surface area contributed by atoms with Crippen molar-refractivity contribution in [2.75, 3.05) is 0 Å². The average molecular weight is 274 g/mol. The van der Waals surface area contributed by atoms with E-state index in [0.717, 1.165) is 37.7 Å². The fourth-order valence-corrected chi connectivity index (χ4v) is 2.93. The highest BCUT2D eigenvalue weighted by Gasteiger charge is 2.24. The second-order valence-corrected chi connectivity index (χ2v) is 5.46. The summed E-state index contributed by atoms with van der Waals surface area (Å²) in [5, 5.41) is 14.5. The summed E-state index contributed by atoms with van der Waals surface area (Å²) in [5.74, 6) is -0.242. The summed E-state index contributed by atoms with van der Waals surface area (Å²) < 4.78 is 15.6. The van der Waals surface area contributed by atoms with Crippen molar-refractivity contribution in [1.29, 1.82) is 0 Å². The lowest BCUT2D eigenvalue weighted by molar-refractivity contribution is 0.0991. The minimum Gasteiger partial charge on any atom is -0.391 e. The van der Waals surface area contributed by atoms with E-state index in [0.29, 0.717) is 5.56 Å². The molecule has 0 radical (unpaired) electrons. The van der Waals surface area contributed by atoms with Gasteiger partial charge in [-0.3, -0.25) is 4.68 Å². The van der Waals surface area contributed by atoms with Crippen LogP contribution in [0.2, 0.25) is 0 Å². The third-order valence-corrected chi connectivity index (χ3v) is 4.07. The Morgan fingerprint density at radius 1 is 1.15 bits per heavy atom. The number of benzene rings is 1. The summed E-state index contributed by atoms with van der Waals surface area (Å²) in [5.41, 5.74) is 1.32. The van der Waals surface area contributed by atoms with Gasteiger partial charge in [-0.2, -0.15) is 5.10 Å². The van der Waals surface area contributed by atoms with Crippen LogP contribution in [0.15, 0.2) is 36.7 Å². The topological polar surface area (TPSA) is 38.0 Å². The molecule has 20 heavy (non-hydrogen) atoms. The van der Waals surface area contributed by atoms with E-state index < -0.39 is 0 Å². The molecule has 0 amide bonds. The number of nitrogens with zero attached hydrogens (tertiary/aromatic N) is 2. The molecule has 1 N–H and O–H groups in total. The number of halogens is 1. The number of aromatic nitrogens is 2. The highest BCUT2D eigenvalue weighted by atomic mass is 19.1. The van der Waals surface area contributed by atoms with Gasteiger partial charge in [-0.15, -0.1) is 0 Å². The summed E-state index contributed by atoms with van der Waals surface area (Å²) >= 11 is 0. The van der Waals surface area contributed by atoms with Crippen LogP contribution in [0.3, 0.4) is 0 Å². The molecule has 3 nitrogen and oxygen atoms in total. The summed E-state index contributed by atoms with van der Waals surface area (Å²) in [6, 6.07) is 6.71. The van der Waals surface area contributed by atoms with E-state index in [9.17, 15) is 9.50 Å². The van der Waals surface area contributed by atoms with E-state index in [2.05, 4.69) is 5.10 Å². The Hall–Kier alpha value is -1.68. The molecule has 1 aliphatic rings. The summed E-state index contributed by atoms with van der Waals surface area (Å²) in [7, 11) is 0. The van der Waals surface area contributed by atoms with Gasteiger partial charge in [0.1, 0.15) is 5.82 Å². The lowest BCUT2D eigenvalue weighted by atomic mass is 10.1. The van der Waals surface area contributed by atoms with E-state index in [1.54, 1.807) is 23.0 Å². The molecule has 2 aromatic rings. The highest BCUT2D eigenvalue weighted by molar-refractivity contribution is 5.62. The van der Waals surface area contributed by atoms with E-state index in [4.69, 9.17) is 0 Å². The molecule has 3 rings (SSSR count). The van der Waals surface area contributed by atoms with Crippen molar-refractivity contribution in [3.8, 4) is 11.1 Å². The first kappa shape index (κ1) is 13.3. The molecule has 1 saturated carbocycles. The molecule has 0 spiro atoms. The zero-order valence-electron chi connectivity index (χ0n) is 11.4. The number of rotatable bonds is 2. The molecule has 1 heterocycles. The van der Waals surface area contributed by atoms with Crippen LogP contribution in [-0.4, -0.2) is 21.0 Å². The van der Waals surface area contributed by atoms with Crippen molar-refractivity contribution in [2.24, 2.45) is 0 Å². The van der Waals surface area contributed by atoms with Crippen molar-refractivity contribution in [3.05, 3.63) is 42.5 Å². The maximum Gasteiger partial charge on any atom is 0.131 e. The molecule has 2 unspecified atom stereocenters. The largest absolute Gasteiger partial charge is 0.391 e. The van der Waals surface area contributed by atoms with E-state index in [1.165, 1.54) is 6.07 Å². The van der Waals surface area contributed by atoms with Crippen LogP contribution in [-0.2, 0) is 0 Å². The second kappa shape index (κ2) is 5.75. The number of aliphatic hydroxyl groups is 1. The fraction of sp³-hybridized carbons (Fsp3) is 0.438. The molecule has 1 fully saturated rings. The van der Waals surface area contributed by atoms with Gasteiger partial charge >= 0.3 is 0 Å².